The van der Waals surface area contributed by atoms with Gasteiger partial charge >= 0.3 is 5.56 Å². The van der Waals surface area contributed by atoms with Crippen molar-refractivity contribution in [2.24, 2.45) is 0 Å². The molecule has 2 N–H and O–H groups in total. The number of aromatic nitrogens is 2. The minimum Gasteiger partial charge on any atom is -0.410 e. The molecule has 4 nitrogen and oxygen atoms in total. The van der Waals surface area contributed by atoms with Gasteiger partial charge in [-0.25, -0.2) is 0 Å². The first kappa shape index (κ1) is 6.03. The summed E-state index contributed by atoms with van der Waals surface area (Å²) < 4.78 is 0. The summed E-state index contributed by atoms with van der Waals surface area (Å²) in [5.74, 6) is 0. The lowest BCUT2D eigenvalue weighted by Crippen LogP contribution is -2.12. The second kappa shape index (κ2) is 1.88. The summed E-state index contributed by atoms with van der Waals surface area (Å²) in [6.07, 6.45) is 0. The second-order valence-electron chi connectivity index (χ2n) is 2.27. The first-order chi connectivity index (χ1) is 5.29. The maximum absolute atomic E-state index is 11.0. The van der Waals surface area contributed by atoms with E-state index in [2.05, 4.69) is 5.10 Å². The monoisotopic (exact) mass is 150 g/mol. The van der Waals surface area contributed by atoms with E-state index in [9.17, 15) is 4.79 Å². The van der Waals surface area contributed by atoms with Crippen molar-refractivity contribution in [1.29, 1.82) is 0 Å². The number of benzene rings is 1. The van der Waals surface area contributed by atoms with Gasteiger partial charge in [-0.3, -0.25) is 9.89 Å². The van der Waals surface area contributed by atoms with E-state index in [1.165, 1.54) is 0 Å². The fraction of sp³-hybridized carbons (Fsp3) is 0. The lowest BCUT2D eigenvalue weighted by Gasteiger charge is -1.82. The third-order valence-corrected chi connectivity index (χ3v) is 1.58. The summed E-state index contributed by atoms with van der Waals surface area (Å²) >= 11 is 0. The van der Waals surface area contributed by atoms with Crippen LogP contribution in [0.5, 0.6) is 0 Å². The predicted octanol–water partition coefficient (Wildman–Crippen LogP) is 0.567. The highest BCUT2D eigenvalue weighted by atomic mass is 16.5. The number of hydrogen-bond acceptors (Lipinski definition) is 2. The van der Waals surface area contributed by atoms with E-state index in [1.807, 2.05) is 0 Å². The molecule has 2 aromatic rings. The topological polar surface area (TPSA) is 58.0 Å². The van der Waals surface area contributed by atoms with E-state index in [0.29, 0.717) is 15.7 Å². The number of hydrogen-bond donors (Lipinski definition) is 2. The SMILES string of the molecule is O=c1c2ccccc2[nH]n1O. The molecule has 4 heteroatoms. The molecular formula is C7H6N2O2. The Morgan fingerprint density at radius 1 is 1.36 bits per heavy atom. The van der Waals surface area contributed by atoms with Crippen LogP contribution in [0.25, 0.3) is 10.9 Å². The van der Waals surface area contributed by atoms with Crippen LogP contribution in [0.1, 0.15) is 0 Å². The molecule has 0 aliphatic heterocycles. The fourth-order valence-electron chi connectivity index (χ4n) is 1.05. The van der Waals surface area contributed by atoms with Crippen LogP contribution in [0.2, 0.25) is 0 Å². The molecule has 0 saturated heterocycles. The smallest absolute Gasteiger partial charge is 0.309 e. The molecular weight excluding hydrogens is 144 g/mol. The van der Waals surface area contributed by atoms with Crippen molar-refractivity contribution in [1.82, 2.24) is 9.94 Å². The number of nitrogens with one attached hydrogen (secondary N) is 1. The normalized spacial score (nSPS) is 10.5. The highest BCUT2D eigenvalue weighted by Gasteiger charge is 2.01. The van der Waals surface area contributed by atoms with Gasteiger partial charge in [-0.1, -0.05) is 17.0 Å². The Kier molecular flexibility index (Phi) is 1.03. The number of rotatable bonds is 0. The molecule has 1 aromatic heterocycles. The van der Waals surface area contributed by atoms with E-state index in [-0.39, 0.29) is 0 Å². The van der Waals surface area contributed by atoms with Gasteiger partial charge in [-0.05, 0) is 12.1 Å². The molecule has 0 bridgehead atoms. The van der Waals surface area contributed by atoms with E-state index >= 15 is 0 Å². The number of para-hydroxylation sites is 1. The van der Waals surface area contributed by atoms with Gasteiger partial charge in [0, 0.05) is 0 Å². The molecule has 1 aromatic carbocycles. The average molecular weight is 150 g/mol. The average Bonchev–Trinajstić information content (AvgIpc) is 2.30. The van der Waals surface area contributed by atoms with Crippen LogP contribution in [-0.4, -0.2) is 15.2 Å². The summed E-state index contributed by atoms with van der Waals surface area (Å²) in [6.45, 7) is 0. The van der Waals surface area contributed by atoms with Crippen molar-refractivity contribution in [3.63, 3.8) is 0 Å². The Hall–Kier alpha value is -1.71. The molecule has 0 atom stereocenters. The number of fused-ring (bicyclic) bond motifs is 1. The Balaban J connectivity index is 3.04. The summed E-state index contributed by atoms with van der Waals surface area (Å²) in [5.41, 5.74) is 0.223. The maximum Gasteiger partial charge on any atom is 0.309 e. The Labute approximate surface area is 61.6 Å². The molecule has 0 aliphatic carbocycles. The first-order valence-electron chi connectivity index (χ1n) is 3.18. The molecule has 2 rings (SSSR count). The molecule has 0 saturated carbocycles. The largest absolute Gasteiger partial charge is 0.410 e. The maximum atomic E-state index is 11.0. The van der Waals surface area contributed by atoms with E-state index in [1.54, 1.807) is 24.3 Å². The molecule has 0 amide bonds. The van der Waals surface area contributed by atoms with Crippen molar-refractivity contribution < 1.29 is 5.21 Å². The highest BCUT2D eigenvalue weighted by molar-refractivity contribution is 5.77. The minimum atomic E-state index is -0.416. The van der Waals surface area contributed by atoms with Crippen molar-refractivity contribution in [3.05, 3.63) is 34.6 Å². The third kappa shape index (κ3) is 0.724. The lowest BCUT2D eigenvalue weighted by atomic mass is 10.3. The second-order valence-corrected chi connectivity index (χ2v) is 2.27. The van der Waals surface area contributed by atoms with Crippen LogP contribution >= 0.6 is 0 Å². The van der Waals surface area contributed by atoms with E-state index in [0.717, 1.165) is 0 Å². The van der Waals surface area contributed by atoms with Crippen molar-refractivity contribution in [3.8, 4) is 0 Å². The van der Waals surface area contributed by atoms with Gasteiger partial charge in [-0.2, -0.15) is 0 Å². The van der Waals surface area contributed by atoms with Crippen molar-refractivity contribution in [2.75, 3.05) is 0 Å². The van der Waals surface area contributed by atoms with Crippen LogP contribution < -0.4 is 5.56 Å². The van der Waals surface area contributed by atoms with Crippen LogP contribution in [0.4, 0.5) is 0 Å². The molecule has 0 aliphatic rings. The highest BCUT2D eigenvalue weighted by Crippen LogP contribution is 2.03. The van der Waals surface area contributed by atoms with Gasteiger partial charge in [0.2, 0.25) is 0 Å². The molecule has 56 valence electrons. The predicted molar refractivity (Wildman–Crippen MR) is 39.7 cm³/mol. The Bertz CT molecular complexity index is 441. The Morgan fingerprint density at radius 3 is 2.82 bits per heavy atom. The summed E-state index contributed by atoms with van der Waals surface area (Å²) in [5, 5.41) is 11.9. The first-order valence-corrected chi connectivity index (χ1v) is 3.18. The molecule has 0 unspecified atom stereocenters. The van der Waals surface area contributed by atoms with Gasteiger partial charge < -0.3 is 5.21 Å². The van der Waals surface area contributed by atoms with Gasteiger partial charge in [0.25, 0.3) is 0 Å². The van der Waals surface area contributed by atoms with Crippen LogP contribution in [0.3, 0.4) is 0 Å². The third-order valence-electron chi connectivity index (χ3n) is 1.58. The number of H-pyrrole nitrogens is 1. The van der Waals surface area contributed by atoms with Gasteiger partial charge in [0.05, 0.1) is 10.9 Å². The Morgan fingerprint density at radius 2 is 2.09 bits per heavy atom. The molecule has 0 fully saturated rings. The van der Waals surface area contributed by atoms with Crippen molar-refractivity contribution in [2.45, 2.75) is 0 Å². The summed E-state index contributed by atoms with van der Waals surface area (Å²) in [4.78, 5) is 11.5. The zero-order valence-electron chi connectivity index (χ0n) is 5.61. The zero-order valence-corrected chi connectivity index (χ0v) is 5.61. The van der Waals surface area contributed by atoms with Gasteiger partial charge in [-0.15, -0.1) is 0 Å². The zero-order chi connectivity index (χ0) is 7.84. The van der Waals surface area contributed by atoms with E-state index in [4.69, 9.17) is 5.21 Å². The fourth-order valence-corrected chi connectivity index (χ4v) is 1.05. The summed E-state index contributed by atoms with van der Waals surface area (Å²) in [6, 6.07) is 6.92. The van der Waals surface area contributed by atoms with Crippen molar-refractivity contribution >= 4 is 10.9 Å². The van der Waals surface area contributed by atoms with Gasteiger partial charge in [0.1, 0.15) is 0 Å². The van der Waals surface area contributed by atoms with Crippen LogP contribution in [0, 0.1) is 0 Å². The van der Waals surface area contributed by atoms with Gasteiger partial charge in [0.15, 0.2) is 0 Å². The quantitative estimate of drug-likeness (QED) is 0.539. The number of aromatic amines is 1. The lowest BCUT2D eigenvalue weighted by molar-refractivity contribution is 0.142. The molecule has 11 heavy (non-hydrogen) atoms. The standard InChI is InChI=1S/C7H6N2O2/c10-7-5-3-1-2-4-6(5)8-9(7)11/h1-4,8,11H. The van der Waals surface area contributed by atoms with Crippen LogP contribution in [0.15, 0.2) is 29.1 Å². The molecule has 0 radical (unpaired) electrons. The number of nitrogens with zero attached hydrogens (tertiary/aromatic N) is 1. The molecule has 1 heterocycles. The van der Waals surface area contributed by atoms with Crippen LogP contribution in [-0.2, 0) is 0 Å². The summed E-state index contributed by atoms with van der Waals surface area (Å²) in [7, 11) is 0. The minimum absolute atomic E-state index is 0.416. The molecule has 0 spiro atoms. The van der Waals surface area contributed by atoms with E-state index < -0.39 is 5.56 Å².